The van der Waals surface area contributed by atoms with Crippen LogP contribution in [-0.4, -0.2) is 43.5 Å². The lowest BCUT2D eigenvalue weighted by atomic mass is 9.85. The molecule has 4 heteroatoms. The van der Waals surface area contributed by atoms with Crippen LogP contribution in [0.1, 0.15) is 18.9 Å². The van der Waals surface area contributed by atoms with Crippen LogP contribution < -0.4 is 5.32 Å². The molecule has 1 fully saturated rings. The maximum Gasteiger partial charge on any atom is 0.0986 e. The van der Waals surface area contributed by atoms with E-state index in [1.54, 1.807) is 7.11 Å². The fourth-order valence-electron chi connectivity index (χ4n) is 3.20. The number of rotatable bonds is 7. The van der Waals surface area contributed by atoms with E-state index in [2.05, 4.69) is 40.8 Å². The molecule has 3 atom stereocenters. The fourth-order valence-corrected chi connectivity index (χ4v) is 3.20. The van der Waals surface area contributed by atoms with Crippen LogP contribution in [0.3, 0.4) is 0 Å². The van der Waals surface area contributed by atoms with Crippen molar-refractivity contribution in [3.63, 3.8) is 0 Å². The molecule has 3 unspecified atom stereocenters. The molecule has 21 heavy (non-hydrogen) atoms. The van der Waals surface area contributed by atoms with Gasteiger partial charge in [-0.2, -0.15) is 0 Å². The Morgan fingerprint density at radius 1 is 1.33 bits per heavy atom. The average Bonchev–Trinajstić information content (AvgIpc) is 2.89. The van der Waals surface area contributed by atoms with E-state index in [1.807, 2.05) is 6.92 Å². The van der Waals surface area contributed by atoms with Crippen molar-refractivity contribution in [1.29, 1.82) is 0 Å². The predicted octanol–water partition coefficient (Wildman–Crippen LogP) is 2.49. The Hall–Kier alpha value is -1.36. The summed E-state index contributed by atoms with van der Waals surface area (Å²) in [6.45, 7) is 3.75. The van der Waals surface area contributed by atoms with Gasteiger partial charge in [-0.3, -0.25) is 0 Å². The van der Waals surface area contributed by atoms with Crippen LogP contribution in [0.25, 0.3) is 10.9 Å². The fraction of sp³-hybridized carbons (Fsp3) is 0.529. The highest BCUT2D eigenvalue weighted by molar-refractivity contribution is 5.83. The lowest BCUT2D eigenvalue weighted by Gasteiger charge is -2.43. The molecule has 114 valence electrons. The first-order valence-corrected chi connectivity index (χ1v) is 7.76. The number of H-pyrrole nitrogens is 1. The summed E-state index contributed by atoms with van der Waals surface area (Å²) in [6, 6.07) is 8.86. The smallest absolute Gasteiger partial charge is 0.0986 e. The topological polar surface area (TPSA) is 46.3 Å². The molecule has 0 saturated heterocycles. The van der Waals surface area contributed by atoms with E-state index in [0.717, 1.165) is 26.0 Å². The van der Waals surface area contributed by atoms with Crippen LogP contribution in [-0.2, 0) is 15.9 Å². The number of para-hydroxylation sites is 1. The minimum atomic E-state index is 0.188. The maximum atomic E-state index is 5.65. The number of hydrogen-bond acceptors (Lipinski definition) is 3. The third-order valence-electron chi connectivity index (χ3n) is 4.38. The Kier molecular flexibility index (Phi) is 4.58. The summed E-state index contributed by atoms with van der Waals surface area (Å²) in [7, 11) is 1.77. The predicted molar refractivity (Wildman–Crippen MR) is 84.6 cm³/mol. The third-order valence-corrected chi connectivity index (χ3v) is 4.38. The van der Waals surface area contributed by atoms with Crippen LogP contribution in [0, 0.1) is 0 Å². The molecule has 0 bridgehead atoms. The largest absolute Gasteiger partial charge is 0.377 e. The van der Waals surface area contributed by atoms with Crippen molar-refractivity contribution in [1.82, 2.24) is 10.3 Å². The van der Waals surface area contributed by atoms with Gasteiger partial charge in [-0.05, 0) is 37.9 Å². The summed E-state index contributed by atoms with van der Waals surface area (Å²) in [5, 5.41) is 4.92. The number of ether oxygens (including phenoxy) is 2. The van der Waals surface area contributed by atoms with Crippen molar-refractivity contribution in [3.05, 3.63) is 36.0 Å². The summed E-state index contributed by atoms with van der Waals surface area (Å²) in [5.41, 5.74) is 2.58. The van der Waals surface area contributed by atoms with Gasteiger partial charge < -0.3 is 19.8 Å². The highest BCUT2D eigenvalue weighted by Gasteiger charge is 2.41. The van der Waals surface area contributed by atoms with Crippen molar-refractivity contribution < 1.29 is 9.47 Å². The molecule has 1 aromatic heterocycles. The van der Waals surface area contributed by atoms with Gasteiger partial charge in [0.2, 0.25) is 0 Å². The molecule has 1 aliphatic rings. The summed E-state index contributed by atoms with van der Waals surface area (Å²) >= 11 is 0. The summed E-state index contributed by atoms with van der Waals surface area (Å²) in [4.78, 5) is 3.33. The molecular weight excluding hydrogens is 264 g/mol. The minimum absolute atomic E-state index is 0.188. The minimum Gasteiger partial charge on any atom is -0.377 e. The lowest BCUT2D eigenvalue weighted by Crippen LogP contribution is -2.60. The molecule has 3 rings (SSSR count). The first-order valence-electron chi connectivity index (χ1n) is 7.76. The van der Waals surface area contributed by atoms with Gasteiger partial charge in [-0.15, -0.1) is 0 Å². The Labute approximate surface area is 125 Å². The molecule has 0 amide bonds. The van der Waals surface area contributed by atoms with E-state index in [9.17, 15) is 0 Å². The molecule has 2 N–H and O–H groups in total. The van der Waals surface area contributed by atoms with E-state index < -0.39 is 0 Å². The van der Waals surface area contributed by atoms with E-state index in [1.165, 1.54) is 16.5 Å². The van der Waals surface area contributed by atoms with E-state index in [-0.39, 0.29) is 12.2 Å². The number of aromatic amines is 1. The van der Waals surface area contributed by atoms with Gasteiger partial charge in [0.15, 0.2) is 0 Å². The maximum absolute atomic E-state index is 5.65. The number of methoxy groups -OCH3 is 1. The molecule has 1 aliphatic carbocycles. The number of hydrogen-bond donors (Lipinski definition) is 2. The zero-order valence-corrected chi connectivity index (χ0v) is 12.8. The van der Waals surface area contributed by atoms with Gasteiger partial charge in [0.05, 0.1) is 12.2 Å². The van der Waals surface area contributed by atoms with Crippen LogP contribution in [0.15, 0.2) is 30.5 Å². The molecule has 1 saturated carbocycles. The molecule has 1 heterocycles. The molecular formula is C17H24N2O2. The Bertz CT molecular complexity index is 581. The number of aromatic nitrogens is 1. The van der Waals surface area contributed by atoms with Crippen molar-refractivity contribution in [2.24, 2.45) is 0 Å². The van der Waals surface area contributed by atoms with Crippen molar-refractivity contribution in [2.45, 2.75) is 38.0 Å². The van der Waals surface area contributed by atoms with Crippen LogP contribution >= 0.6 is 0 Å². The highest BCUT2D eigenvalue weighted by Crippen LogP contribution is 2.27. The first kappa shape index (κ1) is 14.6. The number of fused-ring (bicyclic) bond motifs is 1. The van der Waals surface area contributed by atoms with Crippen molar-refractivity contribution in [3.8, 4) is 0 Å². The Balaban J connectivity index is 1.50. The summed E-state index contributed by atoms with van der Waals surface area (Å²) in [5.74, 6) is 0. The van der Waals surface area contributed by atoms with Crippen molar-refractivity contribution in [2.75, 3.05) is 20.3 Å². The van der Waals surface area contributed by atoms with Crippen LogP contribution in [0.2, 0.25) is 0 Å². The zero-order chi connectivity index (χ0) is 14.7. The molecule has 0 spiro atoms. The monoisotopic (exact) mass is 288 g/mol. The standard InChI is InChI=1S/C17H24N2O2/c1-3-21-16-10-15(17(16)20-2)18-9-8-12-11-19-14-7-5-4-6-13(12)14/h4-7,11,15-19H,3,8-10H2,1-2H3. The molecule has 0 aliphatic heterocycles. The van der Waals surface area contributed by atoms with Gasteiger partial charge in [0, 0.05) is 36.9 Å². The van der Waals surface area contributed by atoms with Gasteiger partial charge in [0.1, 0.15) is 0 Å². The second kappa shape index (κ2) is 6.60. The van der Waals surface area contributed by atoms with Gasteiger partial charge in [0.25, 0.3) is 0 Å². The lowest BCUT2D eigenvalue weighted by molar-refractivity contribution is -0.131. The van der Waals surface area contributed by atoms with Gasteiger partial charge >= 0.3 is 0 Å². The second-order valence-corrected chi connectivity index (χ2v) is 5.60. The van der Waals surface area contributed by atoms with E-state index in [0.29, 0.717) is 6.04 Å². The van der Waals surface area contributed by atoms with E-state index in [4.69, 9.17) is 9.47 Å². The quantitative estimate of drug-likeness (QED) is 0.823. The summed E-state index contributed by atoms with van der Waals surface area (Å²) in [6.07, 6.45) is 4.62. The second-order valence-electron chi connectivity index (χ2n) is 5.60. The summed E-state index contributed by atoms with van der Waals surface area (Å²) < 4.78 is 11.2. The number of benzene rings is 1. The molecule has 4 nitrogen and oxygen atoms in total. The molecule has 2 aromatic rings. The van der Waals surface area contributed by atoms with E-state index >= 15 is 0 Å². The first-order chi connectivity index (χ1) is 10.3. The third kappa shape index (κ3) is 2.98. The van der Waals surface area contributed by atoms with Gasteiger partial charge in [-0.1, -0.05) is 18.2 Å². The average molecular weight is 288 g/mol. The normalized spacial score (nSPS) is 25.1. The highest BCUT2D eigenvalue weighted by atomic mass is 16.5. The Morgan fingerprint density at radius 3 is 3.00 bits per heavy atom. The SMILES string of the molecule is CCOC1CC(NCCc2c[nH]c3ccccc23)C1OC. The Morgan fingerprint density at radius 2 is 2.19 bits per heavy atom. The van der Waals surface area contributed by atoms with Crippen LogP contribution in [0.4, 0.5) is 0 Å². The molecule has 0 radical (unpaired) electrons. The van der Waals surface area contributed by atoms with Gasteiger partial charge in [-0.25, -0.2) is 0 Å². The van der Waals surface area contributed by atoms with Crippen molar-refractivity contribution >= 4 is 10.9 Å². The number of nitrogens with one attached hydrogen (secondary N) is 2. The molecule has 1 aromatic carbocycles. The zero-order valence-electron chi connectivity index (χ0n) is 12.8. The van der Waals surface area contributed by atoms with Crippen LogP contribution in [0.5, 0.6) is 0 Å².